The Kier molecular flexibility index (Phi) is 3.27. The fourth-order valence-corrected chi connectivity index (χ4v) is 5.07. The number of nitrogens with zero attached hydrogens (tertiary/aromatic N) is 2. The molecule has 0 atom stereocenters. The van der Waals surface area contributed by atoms with Gasteiger partial charge >= 0.3 is 0 Å². The van der Waals surface area contributed by atoms with Gasteiger partial charge in [0, 0.05) is 23.4 Å². The number of hydrogen-bond donors (Lipinski definition) is 0. The largest absolute Gasteiger partial charge is 0.270 e. The van der Waals surface area contributed by atoms with Gasteiger partial charge in [-0.3, -0.25) is 4.31 Å². The van der Waals surface area contributed by atoms with E-state index < -0.39 is 10.0 Å². The maximum absolute atomic E-state index is 12.1. The molecule has 2 aliphatic rings. The van der Waals surface area contributed by atoms with E-state index in [2.05, 4.69) is 11.4 Å². The van der Waals surface area contributed by atoms with Crippen molar-refractivity contribution in [1.29, 1.82) is 0 Å². The van der Waals surface area contributed by atoms with E-state index in [1.807, 2.05) is 12.1 Å². The summed E-state index contributed by atoms with van der Waals surface area (Å²) in [5.41, 5.74) is 4.06. The van der Waals surface area contributed by atoms with Crippen LogP contribution in [0.15, 0.2) is 23.6 Å². The smallest absolute Gasteiger partial charge is 0.234 e. The maximum Gasteiger partial charge on any atom is 0.234 e. The monoisotopic (exact) mass is 334 g/mol. The highest BCUT2D eigenvalue weighted by Gasteiger charge is 2.29. The molecule has 2 aromatic rings. The first-order valence-electron chi connectivity index (χ1n) is 7.67. The van der Waals surface area contributed by atoms with Gasteiger partial charge in [-0.05, 0) is 43.9 Å². The highest BCUT2D eigenvalue weighted by Crippen LogP contribution is 2.43. The highest BCUT2D eigenvalue weighted by molar-refractivity contribution is 7.92. The molecule has 1 fully saturated rings. The average Bonchev–Trinajstić information content (AvgIpc) is 3.10. The number of thiazole rings is 1. The van der Waals surface area contributed by atoms with E-state index in [1.165, 1.54) is 17.8 Å². The molecule has 0 amide bonds. The van der Waals surface area contributed by atoms with E-state index in [1.54, 1.807) is 22.6 Å². The van der Waals surface area contributed by atoms with Crippen molar-refractivity contribution in [3.63, 3.8) is 0 Å². The highest BCUT2D eigenvalue weighted by atomic mass is 32.2. The quantitative estimate of drug-likeness (QED) is 0.861. The van der Waals surface area contributed by atoms with Crippen LogP contribution in [0, 0.1) is 0 Å². The van der Waals surface area contributed by atoms with Crippen LogP contribution < -0.4 is 4.31 Å². The average molecular weight is 334 g/mol. The lowest BCUT2D eigenvalue weighted by molar-refractivity contribution is 0.593. The van der Waals surface area contributed by atoms with Crippen molar-refractivity contribution in [2.45, 2.75) is 32.1 Å². The molecule has 1 aromatic heterocycles. The van der Waals surface area contributed by atoms with Crippen LogP contribution in [0.4, 0.5) is 5.69 Å². The molecule has 2 heterocycles. The van der Waals surface area contributed by atoms with Gasteiger partial charge in [-0.2, -0.15) is 0 Å². The van der Waals surface area contributed by atoms with E-state index in [0.717, 1.165) is 28.9 Å². The lowest BCUT2D eigenvalue weighted by Gasteiger charge is -2.18. The van der Waals surface area contributed by atoms with E-state index in [4.69, 9.17) is 4.98 Å². The van der Waals surface area contributed by atoms with E-state index in [-0.39, 0.29) is 5.75 Å². The molecular formula is C16H18N2O2S2. The summed E-state index contributed by atoms with van der Waals surface area (Å²) in [6.45, 7) is 2.25. The predicted octanol–water partition coefficient (Wildman–Crippen LogP) is 3.40. The van der Waals surface area contributed by atoms with Crippen LogP contribution in [0.5, 0.6) is 0 Å². The number of sulfonamides is 1. The molecule has 0 radical (unpaired) electrons. The van der Waals surface area contributed by atoms with Crippen LogP contribution in [-0.2, 0) is 16.4 Å². The van der Waals surface area contributed by atoms with Gasteiger partial charge in [0.2, 0.25) is 10.0 Å². The molecule has 0 saturated heterocycles. The second kappa shape index (κ2) is 5.06. The number of anilines is 1. The van der Waals surface area contributed by atoms with E-state index in [9.17, 15) is 8.42 Å². The van der Waals surface area contributed by atoms with Crippen LogP contribution in [0.25, 0.3) is 11.3 Å². The zero-order valence-corrected chi connectivity index (χ0v) is 14.1. The Morgan fingerprint density at radius 1 is 1.36 bits per heavy atom. The lowest BCUT2D eigenvalue weighted by atomic mass is 10.1. The molecule has 1 aliphatic carbocycles. The third-order valence-corrected chi connectivity index (χ3v) is 7.16. The van der Waals surface area contributed by atoms with Crippen molar-refractivity contribution >= 4 is 27.0 Å². The summed E-state index contributed by atoms with van der Waals surface area (Å²) >= 11 is 1.74. The van der Waals surface area contributed by atoms with Crippen molar-refractivity contribution in [1.82, 2.24) is 4.98 Å². The summed E-state index contributed by atoms with van der Waals surface area (Å²) in [5, 5.41) is 3.36. The number of aromatic nitrogens is 1. The molecule has 4 rings (SSSR count). The van der Waals surface area contributed by atoms with Gasteiger partial charge < -0.3 is 0 Å². The number of fused-ring (bicyclic) bond motifs is 1. The number of rotatable bonds is 4. The molecule has 1 saturated carbocycles. The Morgan fingerprint density at radius 2 is 2.18 bits per heavy atom. The van der Waals surface area contributed by atoms with Crippen LogP contribution in [0.2, 0.25) is 0 Å². The predicted molar refractivity (Wildman–Crippen MR) is 90.0 cm³/mol. The standard InChI is InChI=1S/C16H18N2O2S2/c1-2-22(19,20)18-8-7-13-9-12(5-6-15(13)18)14-10-21-16(17-14)11-3-4-11/h5-6,9-11H,2-4,7-8H2,1H3. The van der Waals surface area contributed by atoms with Gasteiger partial charge in [0.25, 0.3) is 0 Å². The third-order valence-electron chi connectivity index (χ3n) is 4.38. The lowest BCUT2D eigenvalue weighted by Crippen LogP contribution is -2.30. The van der Waals surface area contributed by atoms with Crippen LogP contribution >= 0.6 is 11.3 Å². The Hall–Kier alpha value is -1.40. The van der Waals surface area contributed by atoms with Crippen molar-refractivity contribution in [2.24, 2.45) is 0 Å². The Bertz CT molecular complexity index is 822. The fraction of sp³-hybridized carbons (Fsp3) is 0.438. The molecular weight excluding hydrogens is 316 g/mol. The van der Waals surface area contributed by atoms with Crippen molar-refractivity contribution in [3.8, 4) is 11.3 Å². The zero-order chi connectivity index (χ0) is 15.3. The molecule has 0 bridgehead atoms. The number of hydrogen-bond acceptors (Lipinski definition) is 4. The summed E-state index contributed by atoms with van der Waals surface area (Å²) in [5.74, 6) is 0.823. The topological polar surface area (TPSA) is 50.3 Å². The van der Waals surface area contributed by atoms with Gasteiger partial charge in [-0.1, -0.05) is 6.07 Å². The molecule has 6 heteroatoms. The van der Waals surface area contributed by atoms with Crippen molar-refractivity contribution in [3.05, 3.63) is 34.2 Å². The Labute approximate surface area is 134 Å². The second-order valence-corrected chi connectivity index (χ2v) is 8.98. The molecule has 1 aromatic carbocycles. The normalized spacial score (nSPS) is 17.8. The van der Waals surface area contributed by atoms with Gasteiger partial charge in [0.05, 0.1) is 22.1 Å². The van der Waals surface area contributed by atoms with E-state index >= 15 is 0 Å². The van der Waals surface area contributed by atoms with Gasteiger partial charge in [-0.15, -0.1) is 11.3 Å². The second-order valence-electron chi connectivity index (χ2n) is 5.91. The van der Waals surface area contributed by atoms with Gasteiger partial charge in [0.1, 0.15) is 0 Å². The maximum atomic E-state index is 12.1. The van der Waals surface area contributed by atoms with Crippen molar-refractivity contribution in [2.75, 3.05) is 16.6 Å². The summed E-state index contributed by atoms with van der Waals surface area (Å²) in [6.07, 6.45) is 3.31. The van der Waals surface area contributed by atoms with Crippen molar-refractivity contribution < 1.29 is 8.42 Å². The summed E-state index contributed by atoms with van der Waals surface area (Å²) in [4.78, 5) is 4.74. The zero-order valence-electron chi connectivity index (χ0n) is 12.4. The molecule has 1 aliphatic heterocycles. The Balaban J connectivity index is 1.67. The Morgan fingerprint density at radius 3 is 2.91 bits per heavy atom. The van der Waals surface area contributed by atoms with Gasteiger partial charge in [-0.25, -0.2) is 13.4 Å². The minimum Gasteiger partial charge on any atom is -0.270 e. The molecule has 0 unspecified atom stereocenters. The minimum absolute atomic E-state index is 0.144. The first kappa shape index (κ1) is 14.2. The molecule has 4 nitrogen and oxygen atoms in total. The van der Waals surface area contributed by atoms with Gasteiger partial charge in [0.15, 0.2) is 0 Å². The fourth-order valence-electron chi connectivity index (χ4n) is 2.91. The number of benzene rings is 1. The third kappa shape index (κ3) is 2.34. The molecule has 0 spiro atoms. The van der Waals surface area contributed by atoms with Crippen LogP contribution in [0.3, 0.4) is 0 Å². The summed E-state index contributed by atoms with van der Waals surface area (Å²) in [6, 6.07) is 6.03. The summed E-state index contributed by atoms with van der Waals surface area (Å²) in [7, 11) is -3.17. The molecule has 0 N–H and O–H groups in total. The van der Waals surface area contributed by atoms with Crippen LogP contribution in [-0.4, -0.2) is 25.7 Å². The SMILES string of the molecule is CCS(=O)(=O)N1CCc2cc(-c3csc(C4CC4)n3)ccc21. The molecule has 116 valence electrons. The molecule has 22 heavy (non-hydrogen) atoms. The minimum atomic E-state index is -3.17. The first-order chi connectivity index (χ1) is 10.6. The summed E-state index contributed by atoms with van der Waals surface area (Å²) < 4.78 is 25.8. The van der Waals surface area contributed by atoms with E-state index in [0.29, 0.717) is 12.5 Å². The van der Waals surface area contributed by atoms with Crippen LogP contribution in [0.1, 0.15) is 36.3 Å². The first-order valence-corrected chi connectivity index (χ1v) is 10.2.